The van der Waals surface area contributed by atoms with E-state index in [1.165, 1.54) is 6.07 Å². The van der Waals surface area contributed by atoms with Crippen LogP contribution in [-0.4, -0.2) is 7.11 Å². The number of methoxy groups -OCH3 is 1. The van der Waals surface area contributed by atoms with Gasteiger partial charge in [0.1, 0.15) is 11.6 Å². The summed E-state index contributed by atoms with van der Waals surface area (Å²) in [5, 5.41) is 0. The minimum atomic E-state index is -0.228. The molecular weight excluding hydrogens is 253 g/mol. The van der Waals surface area contributed by atoms with Gasteiger partial charge in [-0.15, -0.1) is 0 Å². The van der Waals surface area contributed by atoms with Gasteiger partial charge < -0.3 is 10.5 Å². The van der Waals surface area contributed by atoms with E-state index in [1.807, 2.05) is 32.0 Å². The van der Waals surface area contributed by atoms with Gasteiger partial charge in [0.05, 0.1) is 7.11 Å². The second kappa shape index (κ2) is 6.06. The van der Waals surface area contributed by atoms with Gasteiger partial charge in [0.25, 0.3) is 0 Å². The molecule has 106 valence electrons. The summed E-state index contributed by atoms with van der Waals surface area (Å²) < 4.78 is 18.7. The van der Waals surface area contributed by atoms with Crippen molar-refractivity contribution in [3.05, 3.63) is 64.5 Å². The van der Waals surface area contributed by atoms with E-state index < -0.39 is 0 Å². The number of aryl methyl sites for hydroxylation is 2. The molecule has 2 nitrogen and oxygen atoms in total. The standard InChI is InChI=1S/C17H20FNO/c1-11-4-7-17(20-3)15(8-11)16(19)10-13-9-14(18)6-5-12(13)2/h4-9,16H,10,19H2,1-3H3. The molecule has 2 aromatic carbocycles. The van der Waals surface area contributed by atoms with Crippen LogP contribution in [0, 0.1) is 19.7 Å². The number of rotatable bonds is 4. The largest absolute Gasteiger partial charge is 0.496 e. The molecule has 20 heavy (non-hydrogen) atoms. The van der Waals surface area contributed by atoms with E-state index in [0.29, 0.717) is 6.42 Å². The lowest BCUT2D eigenvalue weighted by molar-refractivity contribution is 0.405. The molecule has 0 amide bonds. The van der Waals surface area contributed by atoms with Gasteiger partial charge >= 0.3 is 0 Å². The van der Waals surface area contributed by atoms with E-state index in [2.05, 4.69) is 0 Å². The number of benzene rings is 2. The molecule has 2 rings (SSSR count). The third-order valence-corrected chi connectivity index (χ3v) is 3.54. The Bertz CT molecular complexity index is 610. The Morgan fingerprint density at radius 3 is 2.60 bits per heavy atom. The highest BCUT2D eigenvalue weighted by atomic mass is 19.1. The highest BCUT2D eigenvalue weighted by Gasteiger charge is 2.14. The molecule has 0 fully saturated rings. The summed E-state index contributed by atoms with van der Waals surface area (Å²) in [6, 6.07) is 10.5. The van der Waals surface area contributed by atoms with Crippen LogP contribution in [0.1, 0.15) is 28.3 Å². The fraction of sp³-hybridized carbons (Fsp3) is 0.294. The van der Waals surface area contributed by atoms with E-state index in [0.717, 1.165) is 28.0 Å². The Morgan fingerprint density at radius 1 is 1.15 bits per heavy atom. The lowest BCUT2D eigenvalue weighted by Gasteiger charge is -2.17. The first kappa shape index (κ1) is 14.5. The summed E-state index contributed by atoms with van der Waals surface area (Å²) in [4.78, 5) is 0. The summed E-state index contributed by atoms with van der Waals surface area (Å²) in [6.07, 6.45) is 0.587. The fourth-order valence-corrected chi connectivity index (χ4v) is 2.35. The molecular formula is C17H20FNO. The maximum absolute atomic E-state index is 13.3. The summed E-state index contributed by atoms with van der Waals surface area (Å²) in [5.41, 5.74) is 10.4. The predicted molar refractivity (Wildman–Crippen MR) is 79.5 cm³/mol. The van der Waals surface area contributed by atoms with Crippen molar-refractivity contribution in [2.45, 2.75) is 26.3 Å². The van der Waals surface area contributed by atoms with Crippen LogP contribution in [0.15, 0.2) is 36.4 Å². The first-order valence-electron chi connectivity index (χ1n) is 6.66. The zero-order valence-electron chi connectivity index (χ0n) is 12.1. The fourth-order valence-electron chi connectivity index (χ4n) is 2.35. The van der Waals surface area contributed by atoms with Crippen molar-refractivity contribution in [2.75, 3.05) is 7.11 Å². The maximum Gasteiger partial charge on any atom is 0.123 e. The van der Waals surface area contributed by atoms with Crippen LogP contribution in [0.5, 0.6) is 5.75 Å². The molecule has 1 atom stereocenters. The van der Waals surface area contributed by atoms with Crippen LogP contribution >= 0.6 is 0 Å². The molecule has 0 aromatic heterocycles. The zero-order valence-corrected chi connectivity index (χ0v) is 12.1. The van der Waals surface area contributed by atoms with E-state index in [1.54, 1.807) is 19.2 Å². The quantitative estimate of drug-likeness (QED) is 0.922. The highest BCUT2D eigenvalue weighted by Crippen LogP contribution is 2.28. The second-order valence-corrected chi connectivity index (χ2v) is 5.13. The van der Waals surface area contributed by atoms with Crippen molar-refractivity contribution in [3.63, 3.8) is 0 Å². The van der Waals surface area contributed by atoms with Gasteiger partial charge in [0.2, 0.25) is 0 Å². The first-order chi connectivity index (χ1) is 9.51. The van der Waals surface area contributed by atoms with Crippen molar-refractivity contribution >= 4 is 0 Å². The average Bonchev–Trinajstić information content (AvgIpc) is 2.42. The van der Waals surface area contributed by atoms with E-state index in [4.69, 9.17) is 10.5 Å². The van der Waals surface area contributed by atoms with E-state index >= 15 is 0 Å². The predicted octanol–water partition coefficient (Wildman–Crippen LogP) is 3.69. The monoisotopic (exact) mass is 273 g/mol. The molecule has 0 aliphatic heterocycles. The molecule has 0 bridgehead atoms. The van der Waals surface area contributed by atoms with Gasteiger partial charge in [0, 0.05) is 11.6 Å². The van der Waals surface area contributed by atoms with Crippen LogP contribution in [-0.2, 0) is 6.42 Å². The van der Waals surface area contributed by atoms with Crippen molar-refractivity contribution in [1.29, 1.82) is 0 Å². The average molecular weight is 273 g/mol. The normalized spacial score (nSPS) is 12.2. The summed E-state index contributed by atoms with van der Waals surface area (Å²) in [7, 11) is 1.63. The third kappa shape index (κ3) is 3.17. The van der Waals surface area contributed by atoms with Crippen LogP contribution in [0.25, 0.3) is 0 Å². The molecule has 3 heteroatoms. The number of halogens is 1. The lowest BCUT2D eigenvalue weighted by atomic mass is 9.95. The van der Waals surface area contributed by atoms with Crippen molar-refractivity contribution < 1.29 is 9.13 Å². The topological polar surface area (TPSA) is 35.2 Å². The molecule has 0 aliphatic rings. The molecule has 1 unspecified atom stereocenters. The Hall–Kier alpha value is -1.87. The number of ether oxygens (including phenoxy) is 1. The van der Waals surface area contributed by atoms with E-state index in [-0.39, 0.29) is 11.9 Å². The van der Waals surface area contributed by atoms with Gasteiger partial charge in [-0.05, 0) is 49.6 Å². The van der Waals surface area contributed by atoms with Crippen molar-refractivity contribution in [3.8, 4) is 5.75 Å². The molecule has 0 saturated heterocycles. The van der Waals surface area contributed by atoms with Crippen molar-refractivity contribution in [2.24, 2.45) is 5.73 Å². The van der Waals surface area contributed by atoms with Gasteiger partial charge in [-0.2, -0.15) is 0 Å². The van der Waals surface area contributed by atoms with Crippen LogP contribution in [0.3, 0.4) is 0 Å². The number of hydrogen-bond donors (Lipinski definition) is 1. The second-order valence-electron chi connectivity index (χ2n) is 5.13. The highest BCUT2D eigenvalue weighted by molar-refractivity contribution is 5.40. The molecule has 2 N–H and O–H groups in total. The first-order valence-corrected chi connectivity index (χ1v) is 6.66. The molecule has 0 heterocycles. The Kier molecular flexibility index (Phi) is 4.40. The summed E-state index contributed by atoms with van der Waals surface area (Å²) >= 11 is 0. The molecule has 0 spiro atoms. The smallest absolute Gasteiger partial charge is 0.123 e. The Balaban J connectivity index is 2.30. The van der Waals surface area contributed by atoms with E-state index in [9.17, 15) is 4.39 Å². The van der Waals surface area contributed by atoms with Gasteiger partial charge in [-0.25, -0.2) is 4.39 Å². The molecule has 0 saturated carbocycles. The SMILES string of the molecule is COc1ccc(C)cc1C(N)Cc1cc(F)ccc1C. The number of nitrogens with two attached hydrogens (primary N) is 1. The molecule has 2 aromatic rings. The van der Waals surface area contributed by atoms with Crippen LogP contribution in [0.2, 0.25) is 0 Å². The zero-order chi connectivity index (χ0) is 14.7. The number of hydrogen-bond acceptors (Lipinski definition) is 2. The minimum Gasteiger partial charge on any atom is -0.496 e. The molecule has 0 radical (unpaired) electrons. The van der Waals surface area contributed by atoms with Gasteiger partial charge in [-0.1, -0.05) is 23.8 Å². The lowest BCUT2D eigenvalue weighted by Crippen LogP contribution is -2.15. The van der Waals surface area contributed by atoms with Crippen LogP contribution in [0.4, 0.5) is 4.39 Å². The maximum atomic E-state index is 13.3. The Labute approximate surface area is 119 Å². The van der Waals surface area contributed by atoms with Crippen molar-refractivity contribution in [1.82, 2.24) is 0 Å². The minimum absolute atomic E-state index is 0.217. The Morgan fingerprint density at radius 2 is 1.90 bits per heavy atom. The van der Waals surface area contributed by atoms with Crippen LogP contribution < -0.4 is 10.5 Å². The summed E-state index contributed by atoms with van der Waals surface area (Å²) in [5.74, 6) is 0.547. The third-order valence-electron chi connectivity index (χ3n) is 3.54. The van der Waals surface area contributed by atoms with Gasteiger partial charge in [-0.3, -0.25) is 0 Å². The van der Waals surface area contributed by atoms with Gasteiger partial charge in [0.15, 0.2) is 0 Å². The molecule has 0 aliphatic carbocycles. The summed E-state index contributed by atoms with van der Waals surface area (Å²) in [6.45, 7) is 3.98.